The molecule has 0 aliphatic carbocycles. The molecule has 1 fully saturated rings. The molecule has 7 heteroatoms. The van der Waals surface area contributed by atoms with Crippen molar-refractivity contribution in [1.82, 2.24) is 24.8 Å². The van der Waals surface area contributed by atoms with Crippen molar-refractivity contribution in [3.8, 4) is 28.3 Å². The zero-order valence-electron chi connectivity index (χ0n) is 18.7. The predicted molar refractivity (Wildman–Crippen MR) is 128 cm³/mol. The first-order chi connectivity index (χ1) is 16.1. The van der Waals surface area contributed by atoms with Gasteiger partial charge >= 0.3 is 0 Å². The van der Waals surface area contributed by atoms with Crippen LogP contribution in [-0.4, -0.2) is 71.0 Å². The maximum absolute atomic E-state index is 13.1. The van der Waals surface area contributed by atoms with E-state index in [1.807, 2.05) is 53.4 Å². The minimum Gasteiger partial charge on any atom is -0.481 e. The highest BCUT2D eigenvalue weighted by atomic mass is 16.5. The van der Waals surface area contributed by atoms with Crippen LogP contribution in [0.1, 0.15) is 10.4 Å². The summed E-state index contributed by atoms with van der Waals surface area (Å²) in [6.07, 6.45) is 3.36. The number of fused-ring (bicyclic) bond motifs is 1. The molecular formula is C26H25N5O2. The van der Waals surface area contributed by atoms with Crippen LogP contribution in [0.2, 0.25) is 0 Å². The summed E-state index contributed by atoms with van der Waals surface area (Å²) in [5.41, 5.74) is 5.22. The van der Waals surface area contributed by atoms with Crippen molar-refractivity contribution in [2.75, 3.05) is 40.3 Å². The zero-order valence-corrected chi connectivity index (χ0v) is 18.7. The van der Waals surface area contributed by atoms with Crippen molar-refractivity contribution < 1.29 is 9.53 Å². The van der Waals surface area contributed by atoms with Crippen molar-refractivity contribution in [2.45, 2.75) is 0 Å². The summed E-state index contributed by atoms with van der Waals surface area (Å²) in [5.74, 6) is 0.638. The first-order valence-corrected chi connectivity index (χ1v) is 11.0. The minimum absolute atomic E-state index is 0.0632. The van der Waals surface area contributed by atoms with Gasteiger partial charge in [0.2, 0.25) is 5.88 Å². The molecule has 1 aliphatic rings. The summed E-state index contributed by atoms with van der Waals surface area (Å²) in [7, 11) is 3.68. The van der Waals surface area contributed by atoms with Crippen molar-refractivity contribution in [3.05, 3.63) is 72.7 Å². The van der Waals surface area contributed by atoms with Gasteiger partial charge in [-0.25, -0.2) is 15.0 Å². The molecule has 5 rings (SSSR count). The summed E-state index contributed by atoms with van der Waals surface area (Å²) in [5, 5.41) is 0.926. The van der Waals surface area contributed by atoms with Crippen LogP contribution >= 0.6 is 0 Å². The highest BCUT2D eigenvalue weighted by molar-refractivity contribution is 5.98. The number of hydrogen-bond acceptors (Lipinski definition) is 6. The smallest absolute Gasteiger partial charge is 0.253 e. The first-order valence-electron chi connectivity index (χ1n) is 11.0. The molecule has 0 bridgehead atoms. The van der Waals surface area contributed by atoms with Crippen molar-refractivity contribution >= 4 is 16.8 Å². The monoisotopic (exact) mass is 439 g/mol. The van der Waals surface area contributed by atoms with Gasteiger partial charge in [0.15, 0.2) is 0 Å². The Morgan fingerprint density at radius 3 is 2.45 bits per heavy atom. The molecule has 3 heterocycles. The SMILES string of the molecule is COc1ccc(-c2ccc3ncnc(-c4cccc(C(=O)N5CCN(C)CC5)c4)c3c2)cn1. The maximum atomic E-state index is 13.1. The number of ether oxygens (including phenoxy) is 1. The molecule has 0 spiro atoms. The molecular weight excluding hydrogens is 414 g/mol. The molecule has 0 N–H and O–H groups in total. The Hall–Kier alpha value is -3.84. The van der Waals surface area contributed by atoms with E-state index >= 15 is 0 Å². The maximum Gasteiger partial charge on any atom is 0.253 e. The average molecular weight is 440 g/mol. The molecule has 2 aromatic carbocycles. The van der Waals surface area contributed by atoms with E-state index < -0.39 is 0 Å². The quantitative estimate of drug-likeness (QED) is 0.482. The normalized spacial score (nSPS) is 14.4. The number of carbonyl (C=O) groups excluding carboxylic acids is 1. The number of hydrogen-bond donors (Lipinski definition) is 0. The number of rotatable bonds is 4. The van der Waals surface area contributed by atoms with Crippen molar-refractivity contribution in [3.63, 3.8) is 0 Å². The fraction of sp³-hybridized carbons (Fsp3) is 0.231. The van der Waals surface area contributed by atoms with E-state index in [9.17, 15) is 4.79 Å². The number of likely N-dealkylation sites (N-methyl/N-ethyl adjacent to an activating group) is 1. The second-order valence-electron chi connectivity index (χ2n) is 8.22. The van der Waals surface area contributed by atoms with E-state index in [4.69, 9.17) is 4.74 Å². The molecule has 0 radical (unpaired) electrons. The highest BCUT2D eigenvalue weighted by Crippen LogP contribution is 2.30. The topological polar surface area (TPSA) is 71.5 Å². The minimum atomic E-state index is 0.0632. The Kier molecular flexibility index (Phi) is 5.71. The lowest BCUT2D eigenvalue weighted by molar-refractivity contribution is 0.0664. The number of piperazine rings is 1. The van der Waals surface area contributed by atoms with E-state index in [0.717, 1.165) is 59.5 Å². The molecule has 1 saturated heterocycles. The number of methoxy groups -OCH3 is 1. The van der Waals surface area contributed by atoms with Gasteiger partial charge in [-0.05, 0) is 42.9 Å². The summed E-state index contributed by atoms with van der Waals surface area (Å²) in [6.45, 7) is 3.28. The molecule has 0 unspecified atom stereocenters. The summed E-state index contributed by atoms with van der Waals surface area (Å²) in [6, 6.07) is 17.6. The van der Waals surface area contributed by atoms with Gasteiger partial charge in [0.25, 0.3) is 5.91 Å². The molecule has 1 aliphatic heterocycles. The van der Waals surface area contributed by atoms with Gasteiger partial charge in [-0.3, -0.25) is 4.79 Å². The van der Waals surface area contributed by atoms with Gasteiger partial charge < -0.3 is 14.5 Å². The third-order valence-corrected chi connectivity index (χ3v) is 6.09. The Morgan fingerprint density at radius 1 is 0.879 bits per heavy atom. The van der Waals surface area contributed by atoms with Crippen LogP contribution < -0.4 is 4.74 Å². The molecule has 0 atom stereocenters. The third-order valence-electron chi connectivity index (χ3n) is 6.09. The largest absolute Gasteiger partial charge is 0.481 e. The number of nitrogens with zero attached hydrogens (tertiary/aromatic N) is 5. The van der Waals surface area contributed by atoms with E-state index in [2.05, 4.69) is 33.0 Å². The fourth-order valence-corrected chi connectivity index (χ4v) is 4.13. The van der Waals surface area contributed by atoms with Gasteiger partial charge in [-0.2, -0.15) is 0 Å². The Bertz CT molecular complexity index is 1300. The highest BCUT2D eigenvalue weighted by Gasteiger charge is 2.21. The van der Waals surface area contributed by atoms with E-state index in [1.54, 1.807) is 19.6 Å². The number of benzene rings is 2. The summed E-state index contributed by atoms with van der Waals surface area (Å²) < 4.78 is 5.17. The number of amides is 1. The van der Waals surface area contributed by atoms with Crippen LogP contribution in [0.4, 0.5) is 0 Å². The lowest BCUT2D eigenvalue weighted by Gasteiger charge is -2.32. The van der Waals surface area contributed by atoms with Crippen LogP contribution in [0.15, 0.2) is 67.1 Å². The van der Waals surface area contributed by atoms with Crippen LogP contribution in [-0.2, 0) is 0 Å². The number of carbonyl (C=O) groups is 1. The molecule has 4 aromatic rings. The van der Waals surface area contributed by atoms with E-state index in [0.29, 0.717) is 11.4 Å². The van der Waals surface area contributed by atoms with Crippen molar-refractivity contribution in [1.29, 1.82) is 0 Å². The van der Waals surface area contributed by atoms with Gasteiger partial charge in [-0.15, -0.1) is 0 Å². The van der Waals surface area contributed by atoms with Crippen LogP contribution in [0.25, 0.3) is 33.3 Å². The number of aromatic nitrogens is 3. The number of pyridine rings is 1. The van der Waals surface area contributed by atoms with Gasteiger partial charge in [-0.1, -0.05) is 18.2 Å². The lowest BCUT2D eigenvalue weighted by Crippen LogP contribution is -2.47. The Balaban J connectivity index is 1.51. The molecule has 33 heavy (non-hydrogen) atoms. The van der Waals surface area contributed by atoms with Gasteiger partial charge in [0.1, 0.15) is 6.33 Å². The second kappa shape index (κ2) is 8.96. The lowest BCUT2D eigenvalue weighted by atomic mass is 10.00. The second-order valence-corrected chi connectivity index (χ2v) is 8.22. The fourth-order valence-electron chi connectivity index (χ4n) is 4.13. The molecule has 0 saturated carbocycles. The third kappa shape index (κ3) is 4.27. The Morgan fingerprint density at radius 2 is 1.70 bits per heavy atom. The van der Waals surface area contributed by atoms with Crippen LogP contribution in [0.3, 0.4) is 0 Å². The van der Waals surface area contributed by atoms with E-state index in [-0.39, 0.29) is 5.91 Å². The molecule has 7 nitrogen and oxygen atoms in total. The van der Waals surface area contributed by atoms with E-state index in [1.165, 1.54) is 0 Å². The van der Waals surface area contributed by atoms with Gasteiger partial charge in [0.05, 0.1) is 18.3 Å². The van der Waals surface area contributed by atoms with Crippen molar-refractivity contribution in [2.24, 2.45) is 0 Å². The zero-order chi connectivity index (χ0) is 22.8. The van der Waals surface area contributed by atoms with Crippen LogP contribution in [0, 0.1) is 0 Å². The molecule has 166 valence electrons. The first kappa shape index (κ1) is 21.0. The summed E-state index contributed by atoms with van der Waals surface area (Å²) >= 11 is 0. The van der Waals surface area contributed by atoms with Crippen LogP contribution in [0.5, 0.6) is 5.88 Å². The molecule has 2 aromatic heterocycles. The standard InChI is InChI=1S/C26H25N5O2/c1-30-10-12-31(13-11-30)26(32)20-5-3-4-19(14-20)25-22-15-18(6-8-23(22)28-17-29-25)21-7-9-24(33-2)27-16-21/h3-9,14-17H,10-13H2,1-2H3. The summed E-state index contributed by atoms with van der Waals surface area (Å²) in [4.78, 5) is 30.6. The predicted octanol–water partition coefficient (Wildman–Crippen LogP) is 3.76. The molecule has 1 amide bonds. The van der Waals surface area contributed by atoms with Gasteiger partial charge in [0, 0.05) is 60.5 Å². The average Bonchev–Trinajstić information content (AvgIpc) is 2.88. The Labute approximate surface area is 192 Å².